The second kappa shape index (κ2) is 6.35. The third kappa shape index (κ3) is 3.47. The molecule has 3 aromatic rings. The lowest BCUT2D eigenvalue weighted by Crippen LogP contribution is -2.23. The molecule has 0 aliphatic carbocycles. The lowest BCUT2D eigenvalue weighted by Gasteiger charge is -2.06. The summed E-state index contributed by atoms with van der Waals surface area (Å²) in [5.41, 5.74) is 10.4. The van der Waals surface area contributed by atoms with Crippen LogP contribution in [-0.2, 0) is 6.42 Å². The van der Waals surface area contributed by atoms with Gasteiger partial charge in [0.25, 0.3) is 0 Å². The number of H-pyrrole nitrogens is 1. The van der Waals surface area contributed by atoms with Gasteiger partial charge in [-0.05, 0) is 42.1 Å². The Hall–Kier alpha value is -2.75. The SMILES string of the molecule is Cc1cccc(NC(N)=NCCc2cc3ccccc3[nH]2)c1. The van der Waals surface area contributed by atoms with E-state index in [4.69, 9.17) is 5.73 Å². The van der Waals surface area contributed by atoms with Crippen LogP contribution in [0.3, 0.4) is 0 Å². The van der Waals surface area contributed by atoms with Crippen molar-refractivity contribution in [2.24, 2.45) is 10.7 Å². The molecule has 0 saturated heterocycles. The highest BCUT2D eigenvalue weighted by Crippen LogP contribution is 2.15. The summed E-state index contributed by atoms with van der Waals surface area (Å²) in [6.07, 6.45) is 0.838. The summed E-state index contributed by atoms with van der Waals surface area (Å²) in [5, 5.41) is 4.34. The molecule has 4 N–H and O–H groups in total. The summed E-state index contributed by atoms with van der Waals surface area (Å²) in [4.78, 5) is 7.77. The van der Waals surface area contributed by atoms with Gasteiger partial charge in [0, 0.05) is 29.9 Å². The number of aromatic nitrogens is 1. The normalized spacial score (nSPS) is 11.8. The molecule has 1 heterocycles. The fourth-order valence-corrected chi connectivity index (χ4v) is 2.48. The van der Waals surface area contributed by atoms with Gasteiger partial charge < -0.3 is 16.0 Å². The molecular weight excluding hydrogens is 272 g/mol. The molecular formula is C18H20N4. The number of hydrogen-bond donors (Lipinski definition) is 3. The van der Waals surface area contributed by atoms with Crippen molar-refractivity contribution in [2.75, 3.05) is 11.9 Å². The molecule has 0 amide bonds. The van der Waals surface area contributed by atoms with E-state index < -0.39 is 0 Å². The standard InChI is InChI=1S/C18H20N4/c1-13-5-4-7-15(11-13)22-18(19)20-10-9-16-12-14-6-2-3-8-17(14)21-16/h2-8,11-12,21H,9-10H2,1H3,(H3,19,20,22). The van der Waals surface area contributed by atoms with Gasteiger partial charge >= 0.3 is 0 Å². The van der Waals surface area contributed by atoms with Gasteiger partial charge in [0.05, 0.1) is 0 Å². The molecule has 112 valence electrons. The van der Waals surface area contributed by atoms with Crippen LogP contribution in [0, 0.1) is 6.92 Å². The van der Waals surface area contributed by atoms with Crippen molar-refractivity contribution in [1.29, 1.82) is 0 Å². The number of aliphatic imine (C=N–C) groups is 1. The molecule has 0 aliphatic heterocycles. The second-order valence-electron chi connectivity index (χ2n) is 5.39. The predicted octanol–water partition coefficient (Wildman–Crippen LogP) is 3.45. The first-order valence-corrected chi connectivity index (χ1v) is 7.41. The van der Waals surface area contributed by atoms with Crippen LogP contribution in [0.2, 0.25) is 0 Å². The Bertz CT molecular complexity index is 768. The highest BCUT2D eigenvalue weighted by molar-refractivity contribution is 5.92. The summed E-state index contributed by atoms with van der Waals surface area (Å²) in [6, 6.07) is 18.5. The molecule has 1 aromatic heterocycles. The monoisotopic (exact) mass is 292 g/mol. The van der Waals surface area contributed by atoms with Crippen LogP contribution in [0.1, 0.15) is 11.3 Å². The van der Waals surface area contributed by atoms with Crippen molar-refractivity contribution in [1.82, 2.24) is 4.98 Å². The molecule has 0 atom stereocenters. The molecule has 22 heavy (non-hydrogen) atoms. The number of rotatable bonds is 4. The summed E-state index contributed by atoms with van der Waals surface area (Å²) in [6.45, 7) is 2.70. The number of fused-ring (bicyclic) bond motifs is 1. The van der Waals surface area contributed by atoms with E-state index in [9.17, 15) is 0 Å². The van der Waals surface area contributed by atoms with Crippen LogP contribution in [0.15, 0.2) is 59.6 Å². The maximum atomic E-state index is 5.92. The van der Waals surface area contributed by atoms with Crippen molar-refractivity contribution in [3.63, 3.8) is 0 Å². The third-order valence-electron chi connectivity index (χ3n) is 3.54. The number of nitrogens with one attached hydrogen (secondary N) is 2. The van der Waals surface area contributed by atoms with E-state index >= 15 is 0 Å². The second-order valence-corrected chi connectivity index (χ2v) is 5.39. The number of guanidine groups is 1. The van der Waals surface area contributed by atoms with Gasteiger partial charge in [0.1, 0.15) is 0 Å². The van der Waals surface area contributed by atoms with Crippen molar-refractivity contribution in [3.8, 4) is 0 Å². The Labute approximate surface area is 130 Å². The lowest BCUT2D eigenvalue weighted by molar-refractivity contribution is 0.937. The largest absolute Gasteiger partial charge is 0.370 e. The van der Waals surface area contributed by atoms with Crippen molar-refractivity contribution < 1.29 is 0 Å². The molecule has 0 saturated carbocycles. The number of aromatic amines is 1. The minimum absolute atomic E-state index is 0.446. The molecule has 3 rings (SSSR count). The van der Waals surface area contributed by atoms with E-state index in [1.54, 1.807) is 0 Å². The Morgan fingerprint density at radius 1 is 1.14 bits per heavy atom. The molecule has 4 heteroatoms. The topological polar surface area (TPSA) is 66.2 Å². The maximum absolute atomic E-state index is 5.92. The van der Waals surface area contributed by atoms with E-state index in [2.05, 4.69) is 46.5 Å². The number of anilines is 1. The average molecular weight is 292 g/mol. The smallest absolute Gasteiger partial charge is 0.193 e. The third-order valence-corrected chi connectivity index (χ3v) is 3.54. The van der Waals surface area contributed by atoms with Gasteiger partial charge in [0.2, 0.25) is 0 Å². The van der Waals surface area contributed by atoms with Crippen LogP contribution in [0.4, 0.5) is 5.69 Å². The van der Waals surface area contributed by atoms with Crippen molar-refractivity contribution in [3.05, 3.63) is 65.9 Å². The molecule has 0 bridgehead atoms. The lowest BCUT2D eigenvalue weighted by atomic mass is 10.2. The first kappa shape index (κ1) is 14.2. The van der Waals surface area contributed by atoms with Gasteiger partial charge in [-0.2, -0.15) is 0 Å². The zero-order chi connectivity index (χ0) is 15.4. The molecule has 0 unspecified atom stereocenters. The zero-order valence-electron chi connectivity index (χ0n) is 12.6. The van der Waals surface area contributed by atoms with Crippen LogP contribution < -0.4 is 11.1 Å². The van der Waals surface area contributed by atoms with Gasteiger partial charge in [-0.15, -0.1) is 0 Å². The highest BCUT2D eigenvalue weighted by Gasteiger charge is 2.00. The van der Waals surface area contributed by atoms with E-state index in [1.807, 2.05) is 30.3 Å². The number of nitrogens with two attached hydrogens (primary N) is 1. The highest BCUT2D eigenvalue weighted by atomic mass is 15.1. The van der Waals surface area contributed by atoms with Gasteiger partial charge in [-0.25, -0.2) is 0 Å². The summed E-state index contributed by atoms with van der Waals surface area (Å²) < 4.78 is 0. The average Bonchev–Trinajstić information content (AvgIpc) is 2.90. The van der Waals surface area contributed by atoms with Crippen LogP contribution in [0.5, 0.6) is 0 Å². The Morgan fingerprint density at radius 3 is 2.82 bits per heavy atom. The van der Waals surface area contributed by atoms with E-state index in [0.29, 0.717) is 12.5 Å². The summed E-state index contributed by atoms with van der Waals surface area (Å²) in [5.74, 6) is 0.446. The number of nitrogens with zero attached hydrogens (tertiary/aromatic N) is 1. The van der Waals surface area contributed by atoms with Crippen LogP contribution in [0.25, 0.3) is 10.9 Å². The van der Waals surface area contributed by atoms with E-state index in [-0.39, 0.29) is 0 Å². The molecule has 0 fully saturated rings. The van der Waals surface area contributed by atoms with E-state index in [1.165, 1.54) is 16.6 Å². The van der Waals surface area contributed by atoms with Crippen molar-refractivity contribution in [2.45, 2.75) is 13.3 Å². The number of hydrogen-bond acceptors (Lipinski definition) is 1. The molecule has 0 spiro atoms. The Morgan fingerprint density at radius 2 is 2.00 bits per heavy atom. The van der Waals surface area contributed by atoms with Gasteiger partial charge in [0.15, 0.2) is 5.96 Å². The van der Waals surface area contributed by atoms with E-state index in [0.717, 1.165) is 17.6 Å². The van der Waals surface area contributed by atoms with Crippen LogP contribution >= 0.6 is 0 Å². The Kier molecular flexibility index (Phi) is 4.10. The fourth-order valence-electron chi connectivity index (χ4n) is 2.48. The minimum Gasteiger partial charge on any atom is -0.370 e. The summed E-state index contributed by atoms with van der Waals surface area (Å²) in [7, 11) is 0. The van der Waals surface area contributed by atoms with Gasteiger partial charge in [-0.3, -0.25) is 4.99 Å². The molecule has 2 aromatic carbocycles. The van der Waals surface area contributed by atoms with Crippen molar-refractivity contribution >= 4 is 22.5 Å². The summed E-state index contributed by atoms with van der Waals surface area (Å²) >= 11 is 0. The number of para-hydroxylation sites is 1. The molecule has 0 radical (unpaired) electrons. The predicted molar refractivity (Wildman–Crippen MR) is 93.3 cm³/mol. The fraction of sp³-hybridized carbons (Fsp3) is 0.167. The maximum Gasteiger partial charge on any atom is 0.193 e. The number of aryl methyl sites for hydroxylation is 1. The Balaban J connectivity index is 1.59. The molecule has 0 aliphatic rings. The first-order chi connectivity index (χ1) is 10.7. The number of benzene rings is 2. The minimum atomic E-state index is 0.446. The quantitative estimate of drug-likeness (QED) is 0.509. The van der Waals surface area contributed by atoms with Gasteiger partial charge in [-0.1, -0.05) is 30.3 Å². The zero-order valence-corrected chi connectivity index (χ0v) is 12.6. The first-order valence-electron chi connectivity index (χ1n) is 7.41. The van der Waals surface area contributed by atoms with Crippen LogP contribution in [-0.4, -0.2) is 17.5 Å². The molecule has 4 nitrogen and oxygen atoms in total.